The van der Waals surface area contributed by atoms with Crippen molar-refractivity contribution in [3.05, 3.63) is 71.3 Å². The Morgan fingerprint density at radius 2 is 1.19 bits per heavy atom. The van der Waals surface area contributed by atoms with E-state index in [2.05, 4.69) is 16.7 Å². The largest absolute Gasteiger partial charge is 0.367 e. The van der Waals surface area contributed by atoms with E-state index in [1.807, 2.05) is 0 Å². The van der Waals surface area contributed by atoms with Gasteiger partial charge in [-0.2, -0.15) is 0 Å². The van der Waals surface area contributed by atoms with E-state index in [-0.39, 0.29) is 42.6 Å². The molecule has 0 spiro atoms. The molecule has 0 amide bonds. The van der Waals surface area contributed by atoms with Gasteiger partial charge in [0.1, 0.15) is 17.7 Å². The molecule has 1 aliphatic heterocycles. The van der Waals surface area contributed by atoms with E-state index in [4.69, 9.17) is 4.74 Å². The lowest BCUT2D eigenvalue weighted by Gasteiger charge is -2.35. The molecule has 0 bridgehead atoms. The van der Waals surface area contributed by atoms with Crippen LogP contribution in [0.1, 0.15) is 49.8 Å². The molecule has 0 saturated carbocycles. The number of unbranched alkanes of at least 4 members (excludes halogenated alkanes) is 3. The van der Waals surface area contributed by atoms with Gasteiger partial charge in [-0.15, -0.1) is 24.8 Å². The zero-order valence-corrected chi connectivity index (χ0v) is 20.5. The third-order valence-corrected chi connectivity index (χ3v) is 5.83. The first-order chi connectivity index (χ1) is 14.7. The van der Waals surface area contributed by atoms with Gasteiger partial charge in [0, 0.05) is 32.7 Å². The molecule has 0 aliphatic carbocycles. The summed E-state index contributed by atoms with van der Waals surface area (Å²) in [7, 11) is 0. The third-order valence-electron chi connectivity index (χ3n) is 5.83. The third kappa shape index (κ3) is 9.32. The van der Waals surface area contributed by atoms with Gasteiger partial charge in [-0.25, -0.2) is 8.78 Å². The number of piperazine rings is 1. The zero-order chi connectivity index (χ0) is 21.2. The van der Waals surface area contributed by atoms with Crippen molar-refractivity contribution in [3.8, 4) is 0 Å². The SMILES string of the molecule is CCCCCCN1CCN(CCOC(c2ccc(F)cc2)c2ccc(F)cc2)CC1.Cl.Cl. The molecule has 180 valence electrons. The van der Waals surface area contributed by atoms with Gasteiger partial charge in [0.15, 0.2) is 0 Å². The summed E-state index contributed by atoms with van der Waals surface area (Å²) in [6, 6.07) is 12.7. The average molecular weight is 489 g/mol. The van der Waals surface area contributed by atoms with Gasteiger partial charge in [0.05, 0.1) is 6.61 Å². The Kier molecular flexibility index (Phi) is 14.0. The second-order valence-corrected chi connectivity index (χ2v) is 8.10. The second kappa shape index (κ2) is 15.6. The van der Waals surface area contributed by atoms with Gasteiger partial charge in [0.2, 0.25) is 0 Å². The molecule has 0 unspecified atom stereocenters. The summed E-state index contributed by atoms with van der Waals surface area (Å²) in [5, 5.41) is 0. The van der Waals surface area contributed by atoms with Crippen molar-refractivity contribution < 1.29 is 13.5 Å². The van der Waals surface area contributed by atoms with Gasteiger partial charge in [-0.05, 0) is 48.4 Å². The molecule has 0 aromatic heterocycles. The molecule has 1 saturated heterocycles. The van der Waals surface area contributed by atoms with Crippen molar-refractivity contribution >= 4 is 24.8 Å². The van der Waals surface area contributed by atoms with Crippen LogP contribution in [0.5, 0.6) is 0 Å². The predicted octanol–water partition coefficient (Wildman–Crippen LogP) is 6.11. The van der Waals surface area contributed by atoms with E-state index < -0.39 is 0 Å². The minimum absolute atomic E-state index is 0. The summed E-state index contributed by atoms with van der Waals surface area (Å²) in [6.45, 7) is 9.26. The van der Waals surface area contributed by atoms with Gasteiger partial charge in [-0.3, -0.25) is 4.90 Å². The molecule has 2 aromatic carbocycles. The van der Waals surface area contributed by atoms with E-state index in [1.54, 1.807) is 24.3 Å². The molecule has 3 rings (SSSR count). The first kappa shape index (κ1) is 28.8. The molecule has 1 fully saturated rings. The lowest BCUT2D eigenvalue weighted by molar-refractivity contribution is 0.0450. The van der Waals surface area contributed by atoms with Gasteiger partial charge in [0.25, 0.3) is 0 Å². The van der Waals surface area contributed by atoms with Crippen LogP contribution in [0.15, 0.2) is 48.5 Å². The van der Waals surface area contributed by atoms with Crippen LogP contribution < -0.4 is 0 Å². The molecule has 0 N–H and O–H groups in total. The normalized spacial score (nSPS) is 14.8. The minimum Gasteiger partial charge on any atom is -0.367 e. The summed E-state index contributed by atoms with van der Waals surface area (Å²) in [6.07, 6.45) is 4.92. The number of benzene rings is 2. The molecule has 2 aromatic rings. The average Bonchev–Trinajstić information content (AvgIpc) is 2.77. The summed E-state index contributed by atoms with van der Waals surface area (Å²) >= 11 is 0. The fourth-order valence-electron chi connectivity index (χ4n) is 3.96. The van der Waals surface area contributed by atoms with Crippen molar-refractivity contribution in [3.63, 3.8) is 0 Å². The smallest absolute Gasteiger partial charge is 0.123 e. The summed E-state index contributed by atoms with van der Waals surface area (Å²) in [4.78, 5) is 5.00. The van der Waals surface area contributed by atoms with Crippen LogP contribution in [0.25, 0.3) is 0 Å². The predicted molar refractivity (Wildman–Crippen MR) is 132 cm³/mol. The maximum Gasteiger partial charge on any atom is 0.123 e. The van der Waals surface area contributed by atoms with E-state index in [1.165, 1.54) is 56.5 Å². The van der Waals surface area contributed by atoms with Crippen LogP contribution in [0, 0.1) is 11.6 Å². The molecule has 3 nitrogen and oxygen atoms in total. The Labute approximate surface area is 203 Å². The van der Waals surface area contributed by atoms with E-state index >= 15 is 0 Å². The fraction of sp³-hybridized carbons (Fsp3) is 0.520. The molecule has 32 heavy (non-hydrogen) atoms. The highest BCUT2D eigenvalue weighted by molar-refractivity contribution is 5.85. The van der Waals surface area contributed by atoms with Crippen molar-refractivity contribution in [2.45, 2.75) is 38.7 Å². The van der Waals surface area contributed by atoms with E-state index in [0.29, 0.717) is 6.61 Å². The number of hydrogen-bond acceptors (Lipinski definition) is 3. The van der Waals surface area contributed by atoms with Gasteiger partial charge < -0.3 is 9.64 Å². The summed E-state index contributed by atoms with van der Waals surface area (Å²) in [5.41, 5.74) is 1.75. The van der Waals surface area contributed by atoms with Crippen molar-refractivity contribution in [2.24, 2.45) is 0 Å². The van der Waals surface area contributed by atoms with Crippen LogP contribution in [0.2, 0.25) is 0 Å². The van der Waals surface area contributed by atoms with Crippen molar-refractivity contribution in [1.82, 2.24) is 9.80 Å². The van der Waals surface area contributed by atoms with Crippen molar-refractivity contribution in [2.75, 3.05) is 45.9 Å². The summed E-state index contributed by atoms with van der Waals surface area (Å²) in [5.74, 6) is -0.548. The lowest BCUT2D eigenvalue weighted by Crippen LogP contribution is -2.47. The highest BCUT2D eigenvalue weighted by atomic mass is 35.5. The molecular formula is C25H36Cl2F2N2O. The Bertz CT molecular complexity index is 693. The van der Waals surface area contributed by atoms with Crippen LogP contribution in [-0.2, 0) is 4.74 Å². The van der Waals surface area contributed by atoms with Crippen LogP contribution in [-0.4, -0.2) is 55.7 Å². The minimum atomic E-state index is -0.328. The maximum absolute atomic E-state index is 13.3. The molecule has 0 atom stereocenters. The summed E-state index contributed by atoms with van der Waals surface area (Å²) < 4.78 is 32.9. The number of halogens is 4. The quantitative estimate of drug-likeness (QED) is 0.354. The molecular weight excluding hydrogens is 453 g/mol. The van der Waals surface area contributed by atoms with Gasteiger partial charge in [-0.1, -0.05) is 50.5 Å². The standard InChI is InChI=1S/C25H34F2N2O.2ClH/c1-2-3-4-5-14-28-15-17-29(18-16-28)19-20-30-25(21-6-10-23(26)11-7-21)22-8-12-24(27)13-9-22;;/h6-13,25H,2-5,14-20H2,1H3;2*1H. The van der Waals surface area contributed by atoms with Crippen molar-refractivity contribution in [1.29, 1.82) is 0 Å². The number of ether oxygens (including phenoxy) is 1. The molecule has 7 heteroatoms. The Balaban J connectivity index is 0.00000256. The van der Waals surface area contributed by atoms with Gasteiger partial charge >= 0.3 is 0 Å². The molecule has 0 radical (unpaired) electrons. The lowest BCUT2D eigenvalue weighted by atomic mass is 10.0. The second-order valence-electron chi connectivity index (χ2n) is 8.10. The first-order valence-electron chi connectivity index (χ1n) is 11.2. The van der Waals surface area contributed by atoms with E-state index in [0.717, 1.165) is 43.9 Å². The molecule has 1 heterocycles. The van der Waals surface area contributed by atoms with E-state index in [9.17, 15) is 8.78 Å². The Hall–Kier alpha value is -1.24. The Morgan fingerprint density at radius 1 is 0.719 bits per heavy atom. The number of rotatable bonds is 11. The van der Waals surface area contributed by atoms with Crippen LogP contribution in [0.3, 0.4) is 0 Å². The number of nitrogens with zero attached hydrogens (tertiary/aromatic N) is 2. The van der Waals surface area contributed by atoms with Crippen LogP contribution in [0.4, 0.5) is 8.78 Å². The zero-order valence-electron chi connectivity index (χ0n) is 18.8. The first-order valence-corrected chi connectivity index (χ1v) is 11.2. The fourth-order valence-corrected chi connectivity index (χ4v) is 3.96. The van der Waals surface area contributed by atoms with Crippen LogP contribution >= 0.6 is 24.8 Å². The highest BCUT2D eigenvalue weighted by Gasteiger charge is 2.19. The highest BCUT2D eigenvalue weighted by Crippen LogP contribution is 2.26. The maximum atomic E-state index is 13.3. The number of hydrogen-bond donors (Lipinski definition) is 0. The molecule has 1 aliphatic rings. The Morgan fingerprint density at radius 3 is 1.66 bits per heavy atom. The monoisotopic (exact) mass is 488 g/mol. The topological polar surface area (TPSA) is 15.7 Å².